The molecule has 3 heteroatoms. The summed E-state index contributed by atoms with van der Waals surface area (Å²) in [6, 6.07) is 21.4. The van der Waals surface area contributed by atoms with Crippen LogP contribution in [0.2, 0.25) is 0 Å². The highest BCUT2D eigenvalue weighted by Crippen LogP contribution is 2.23. The van der Waals surface area contributed by atoms with Crippen molar-refractivity contribution >= 4 is 5.97 Å². The number of hydrogen-bond acceptors (Lipinski definition) is 3. The normalized spacial score (nSPS) is 9.68. The van der Waals surface area contributed by atoms with Gasteiger partial charge in [-0.15, -0.1) is 0 Å². The minimum Gasteiger partial charge on any atom is -0.426 e. The SMILES string of the molecule is CC.O=C(CCc1ccncc1)Oc1cccc(-c2ccccc2)c1. The van der Waals surface area contributed by atoms with E-state index >= 15 is 0 Å². The molecule has 128 valence electrons. The van der Waals surface area contributed by atoms with Gasteiger partial charge in [-0.05, 0) is 47.4 Å². The van der Waals surface area contributed by atoms with Crippen molar-refractivity contribution in [3.05, 3.63) is 84.7 Å². The molecule has 0 fully saturated rings. The van der Waals surface area contributed by atoms with E-state index in [0.29, 0.717) is 18.6 Å². The molecule has 3 aromatic rings. The van der Waals surface area contributed by atoms with Gasteiger partial charge < -0.3 is 4.74 Å². The Hall–Kier alpha value is -2.94. The summed E-state index contributed by atoms with van der Waals surface area (Å²) in [6.07, 6.45) is 4.45. The molecule has 0 amide bonds. The Balaban J connectivity index is 0.00000109. The molecular formula is C22H23NO2. The lowest BCUT2D eigenvalue weighted by Gasteiger charge is -2.07. The molecule has 25 heavy (non-hydrogen) atoms. The summed E-state index contributed by atoms with van der Waals surface area (Å²) in [5, 5.41) is 0. The van der Waals surface area contributed by atoms with Crippen molar-refractivity contribution < 1.29 is 9.53 Å². The number of rotatable bonds is 5. The minimum absolute atomic E-state index is 0.230. The van der Waals surface area contributed by atoms with Gasteiger partial charge in [0.25, 0.3) is 0 Å². The second kappa shape index (κ2) is 10.0. The molecule has 0 spiro atoms. The maximum atomic E-state index is 12.0. The van der Waals surface area contributed by atoms with Crippen LogP contribution in [-0.4, -0.2) is 11.0 Å². The molecule has 0 atom stereocenters. The van der Waals surface area contributed by atoms with Crippen LogP contribution in [0.1, 0.15) is 25.8 Å². The van der Waals surface area contributed by atoms with Crippen molar-refractivity contribution in [2.45, 2.75) is 26.7 Å². The Bertz CT molecular complexity index is 770. The molecule has 0 aliphatic heterocycles. The van der Waals surface area contributed by atoms with E-state index in [9.17, 15) is 4.79 Å². The van der Waals surface area contributed by atoms with E-state index in [1.54, 1.807) is 18.5 Å². The van der Waals surface area contributed by atoms with Crippen molar-refractivity contribution in [1.29, 1.82) is 0 Å². The molecule has 0 radical (unpaired) electrons. The molecule has 0 saturated carbocycles. The first-order valence-corrected chi connectivity index (χ1v) is 8.56. The summed E-state index contributed by atoms with van der Waals surface area (Å²) in [6.45, 7) is 4.00. The van der Waals surface area contributed by atoms with E-state index in [4.69, 9.17) is 4.74 Å². The van der Waals surface area contributed by atoms with Crippen LogP contribution < -0.4 is 4.74 Å². The number of nitrogens with zero attached hydrogens (tertiary/aromatic N) is 1. The molecule has 3 rings (SSSR count). The fourth-order valence-electron chi connectivity index (χ4n) is 2.35. The van der Waals surface area contributed by atoms with Crippen LogP contribution in [0.5, 0.6) is 5.75 Å². The lowest BCUT2D eigenvalue weighted by Crippen LogP contribution is -2.09. The third-order valence-electron chi connectivity index (χ3n) is 3.54. The molecule has 3 nitrogen and oxygen atoms in total. The van der Waals surface area contributed by atoms with Gasteiger partial charge in [0.2, 0.25) is 0 Å². The topological polar surface area (TPSA) is 39.2 Å². The largest absolute Gasteiger partial charge is 0.426 e. The first-order valence-electron chi connectivity index (χ1n) is 8.56. The monoisotopic (exact) mass is 333 g/mol. The summed E-state index contributed by atoms with van der Waals surface area (Å²) in [5.74, 6) is 0.345. The summed E-state index contributed by atoms with van der Waals surface area (Å²) < 4.78 is 5.44. The second-order valence-electron chi connectivity index (χ2n) is 5.22. The smallest absolute Gasteiger partial charge is 0.311 e. The molecule has 0 bridgehead atoms. The van der Waals surface area contributed by atoms with E-state index in [2.05, 4.69) is 4.98 Å². The van der Waals surface area contributed by atoms with E-state index < -0.39 is 0 Å². The number of aromatic nitrogens is 1. The van der Waals surface area contributed by atoms with Gasteiger partial charge in [0.05, 0.1) is 0 Å². The maximum absolute atomic E-state index is 12.0. The van der Waals surface area contributed by atoms with Crippen LogP contribution >= 0.6 is 0 Å². The lowest BCUT2D eigenvalue weighted by molar-refractivity contribution is -0.134. The average Bonchev–Trinajstić information content (AvgIpc) is 2.70. The Morgan fingerprint density at radius 3 is 2.28 bits per heavy atom. The van der Waals surface area contributed by atoms with E-state index in [0.717, 1.165) is 16.7 Å². The van der Waals surface area contributed by atoms with Crippen LogP contribution in [0.3, 0.4) is 0 Å². The fraction of sp³-hybridized carbons (Fsp3) is 0.182. The number of hydrogen-bond donors (Lipinski definition) is 0. The van der Waals surface area contributed by atoms with Crippen molar-refractivity contribution in [3.8, 4) is 16.9 Å². The van der Waals surface area contributed by atoms with Crippen molar-refractivity contribution in [2.24, 2.45) is 0 Å². The average molecular weight is 333 g/mol. The quantitative estimate of drug-likeness (QED) is 0.469. The minimum atomic E-state index is -0.230. The van der Waals surface area contributed by atoms with Crippen molar-refractivity contribution in [3.63, 3.8) is 0 Å². The first-order chi connectivity index (χ1) is 12.3. The Morgan fingerprint density at radius 2 is 1.56 bits per heavy atom. The standard InChI is InChI=1S/C20H17NO2.C2H6/c22-20(10-9-16-11-13-21-14-12-16)23-19-8-4-7-18(15-19)17-5-2-1-3-6-17;1-2/h1-8,11-15H,9-10H2;1-2H3. The molecule has 1 aromatic heterocycles. The molecule has 1 heterocycles. The van der Waals surface area contributed by atoms with E-state index in [-0.39, 0.29) is 5.97 Å². The number of carbonyl (C=O) groups excluding carboxylic acids is 1. The molecule has 0 aliphatic carbocycles. The summed E-state index contributed by atoms with van der Waals surface area (Å²) in [5.41, 5.74) is 3.21. The number of carbonyl (C=O) groups is 1. The van der Waals surface area contributed by atoms with Crippen LogP contribution in [0, 0.1) is 0 Å². The van der Waals surface area contributed by atoms with Crippen molar-refractivity contribution in [2.75, 3.05) is 0 Å². The lowest BCUT2D eigenvalue weighted by atomic mass is 10.1. The molecule has 0 saturated heterocycles. The van der Waals surface area contributed by atoms with Gasteiger partial charge in [-0.3, -0.25) is 9.78 Å². The zero-order chi connectivity index (χ0) is 17.9. The van der Waals surface area contributed by atoms with Gasteiger partial charge in [-0.2, -0.15) is 0 Å². The van der Waals surface area contributed by atoms with Gasteiger partial charge in [-0.1, -0.05) is 56.3 Å². The van der Waals surface area contributed by atoms with E-state index in [1.165, 1.54) is 0 Å². The first kappa shape index (κ1) is 18.4. The molecule has 0 aliphatic rings. The van der Waals surface area contributed by atoms with Crippen LogP contribution in [0.4, 0.5) is 0 Å². The zero-order valence-corrected chi connectivity index (χ0v) is 14.7. The van der Waals surface area contributed by atoms with Gasteiger partial charge in [-0.25, -0.2) is 0 Å². The number of esters is 1. The predicted octanol–water partition coefficient (Wildman–Crippen LogP) is 5.31. The fourth-order valence-corrected chi connectivity index (χ4v) is 2.35. The molecular weight excluding hydrogens is 310 g/mol. The van der Waals surface area contributed by atoms with Gasteiger partial charge in [0.1, 0.15) is 5.75 Å². The number of ether oxygens (including phenoxy) is 1. The molecule has 0 N–H and O–H groups in total. The molecule has 2 aromatic carbocycles. The molecule has 0 unspecified atom stereocenters. The Morgan fingerprint density at radius 1 is 0.880 bits per heavy atom. The Kier molecular flexibility index (Phi) is 7.39. The Labute approximate surface area is 149 Å². The highest BCUT2D eigenvalue weighted by atomic mass is 16.5. The van der Waals surface area contributed by atoms with Crippen LogP contribution in [0.25, 0.3) is 11.1 Å². The third kappa shape index (κ3) is 5.88. The van der Waals surface area contributed by atoms with Gasteiger partial charge in [0, 0.05) is 18.8 Å². The maximum Gasteiger partial charge on any atom is 0.311 e. The van der Waals surface area contributed by atoms with Crippen LogP contribution in [0.15, 0.2) is 79.1 Å². The van der Waals surface area contributed by atoms with Crippen molar-refractivity contribution in [1.82, 2.24) is 4.98 Å². The summed E-state index contributed by atoms with van der Waals surface area (Å²) in [7, 11) is 0. The highest BCUT2D eigenvalue weighted by Gasteiger charge is 2.07. The zero-order valence-electron chi connectivity index (χ0n) is 14.7. The second-order valence-corrected chi connectivity index (χ2v) is 5.22. The van der Waals surface area contributed by atoms with E-state index in [1.807, 2.05) is 74.5 Å². The summed E-state index contributed by atoms with van der Waals surface area (Å²) in [4.78, 5) is 16.0. The number of pyridine rings is 1. The third-order valence-corrected chi connectivity index (χ3v) is 3.54. The van der Waals surface area contributed by atoms with Gasteiger partial charge in [0.15, 0.2) is 0 Å². The van der Waals surface area contributed by atoms with Gasteiger partial charge >= 0.3 is 5.97 Å². The predicted molar refractivity (Wildman–Crippen MR) is 101 cm³/mol. The van der Waals surface area contributed by atoms with Crippen LogP contribution in [-0.2, 0) is 11.2 Å². The summed E-state index contributed by atoms with van der Waals surface area (Å²) >= 11 is 0. The number of benzene rings is 2. The number of aryl methyl sites for hydroxylation is 1. The highest BCUT2D eigenvalue weighted by molar-refractivity contribution is 5.74.